The Labute approximate surface area is 237 Å². The van der Waals surface area contributed by atoms with Gasteiger partial charge in [-0.05, 0) is 42.7 Å². The fraction of sp³-hybridized carbons (Fsp3) is 0.188. The zero-order chi connectivity index (χ0) is 28.6. The highest BCUT2D eigenvalue weighted by atomic mass is 32.2. The minimum atomic E-state index is -0.736. The Morgan fingerprint density at radius 2 is 1.52 bits per heavy atom. The largest absolute Gasteiger partial charge is 0.465 e. The van der Waals surface area contributed by atoms with Crippen LogP contribution in [0.25, 0.3) is 11.1 Å². The number of nitrogens with one attached hydrogen (secondary N) is 1. The Kier molecular flexibility index (Phi) is 9.20. The molecule has 1 N–H and O–H groups in total. The van der Waals surface area contributed by atoms with E-state index >= 15 is 0 Å². The van der Waals surface area contributed by atoms with Crippen LogP contribution in [0.3, 0.4) is 0 Å². The van der Waals surface area contributed by atoms with Crippen molar-refractivity contribution in [3.05, 3.63) is 117 Å². The van der Waals surface area contributed by atoms with Crippen LogP contribution in [0, 0.1) is 11.3 Å². The molecule has 1 heterocycles. The molecular formula is C32H28N2O5S. The van der Waals surface area contributed by atoms with Crippen LogP contribution in [0.1, 0.15) is 46.0 Å². The third-order valence-corrected chi connectivity index (χ3v) is 7.49. The number of Topliss-reactive ketones (excluding diaryl/α,β-unsaturated/α-hetero) is 1. The number of ether oxygens (including phenoxy) is 2. The number of nitriles is 1. The Hall–Kier alpha value is -4.61. The summed E-state index contributed by atoms with van der Waals surface area (Å²) in [4.78, 5) is 38.0. The molecule has 3 aromatic carbocycles. The van der Waals surface area contributed by atoms with Crippen LogP contribution in [0.5, 0.6) is 0 Å². The van der Waals surface area contributed by atoms with Gasteiger partial charge in [0.2, 0.25) is 0 Å². The van der Waals surface area contributed by atoms with E-state index in [-0.39, 0.29) is 23.7 Å². The third-order valence-electron chi connectivity index (χ3n) is 6.47. The molecule has 0 spiro atoms. The maximum absolute atomic E-state index is 13.1. The number of hydrogen-bond acceptors (Lipinski definition) is 8. The number of carbonyl (C=O) groups excluding carboxylic acids is 3. The van der Waals surface area contributed by atoms with E-state index in [2.05, 4.69) is 11.4 Å². The van der Waals surface area contributed by atoms with Crippen LogP contribution in [0.15, 0.2) is 101 Å². The normalized spacial score (nSPS) is 14.7. The minimum Gasteiger partial charge on any atom is -0.465 e. The molecule has 3 aromatic rings. The highest BCUT2D eigenvalue weighted by molar-refractivity contribution is 8.03. The zero-order valence-electron chi connectivity index (χ0n) is 22.4. The fourth-order valence-corrected chi connectivity index (χ4v) is 5.46. The third kappa shape index (κ3) is 6.16. The highest BCUT2D eigenvalue weighted by Gasteiger charge is 2.35. The Morgan fingerprint density at radius 3 is 2.12 bits per heavy atom. The maximum Gasteiger partial charge on any atom is 0.337 e. The molecule has 1 aliphatic rings. The number of methoxy groups -OCH3 is 1. The number of ketones is 1. The predicted octanol–water partition coefficient (Wildman–Crippen LogP) is 6.02. The lowest BCUT2D eigenvalue weighted by atomic mass is 9.82. The van der Waals surface area contributed by atoms with Gasteiger partial charge in [0.05, 0.1) is 53.2 Å². The molecule has 0 radical (unpaired) electrons. The van der Waals surface area contributed by atoms with Crippen molar-refractivity contribution in [3.63, 3.8) is 0 Å². The second kappa shape index (κ2) is 13.0. The molecule has 0 saturated carbocycles. The summed E-state index contributed by atoms with van der Waals surface area (Å²) in [5.74, 6) is -1.76. The molecule has 0 amide bonds. The first-order valence-electron chi connectivity index (χ1n) is 12.7. The van der Waals surface area contributed by atoms with Gasteiger partial charge in [0.15, 0.2) is 5.78 Å². The molecule has 0 saturated heterocycles. The van der Waals surface area contributed by atoms with Crippen LogP contribution >= 0.6 is 11.8 Å². The van der Waals surface area contributed by atoms with E-state index in [1.54, 1.807) is 50.2 Å². The van der Waals surface area contributed by atoms with E-state index in [4.69, 9.17) is 9.47 Å². The molecular weight excluding hydrogens is 524 g/mol. The Balaban J connectivity index is 1.61. The monoisotopic (exact) mass is 552 g/mol. The van der Waals surface area contributed by atoms with Crippen LogP contribution in [0.4, 0.5) is 0 Å². The van der Waals surface area contributed by atoms with E-state index in [1.807, 2.05) is 42.5 Å². The minimum absolute atomic E-state index is 0.0898. The van der Waals surface area contributed by atoms with E-state index < -0.39 is 17.9 Å². The van der Waals surface area contributed by atoms with E-state index in [0.717, 1.165) is 11.1 Å². The number of nitrogens with zero attached hydrogens (tertiary/aromatic N) is 1. The number of esters is 2. The molecule has 202 valence electrons. The summed E-state index contributed by atoms with van der Waals surface area (Å²) in [5.41, 5.74) is 4.75. The molecule has 0 aliphatic carbocycles. The lowest BCUT2D eigenvalue weighted by Gasteiger charge is -2.29. The van der Waals surface area contributed by atoms with Crippen molar-refractivity contribution in [2.75, 3.05) is 19.5 Å². The van der Waals surface area contributed by atoms with Crippen molar-refractivity contribution in [1.29, 1.82) is 5.26 Å². The lowest BCUT2D eigenvalue weighted by Crippen LogP contribution is -2.29. The van der Waals surface area contributed by atoms with Gasteiger partial charge in [0, 0.05) is 11.3 Å². The van der Waals surface area contributed by atoms with Crippen molar-refractivity contribution < 1.29 is 23.9 Å². The van der Waals surface area contributed by atoms with Gasteiger partial charge in [-0.1, -0.05) is 78.5 Å². The van der Waals surface area contributed by atoms with Crippen LogP contribution in [0.2, 0.25) is 0 Å². The topological polar surface area (TPSA) is 105 Å². The van der Waals surface area contributed by atoms with Gasteiger partial charge in [-0.2, -0.15) is 5.26 Å². The van der Waals surface area contributed by atoms with Gasteiger partial charge in [-0.25, -0.2) is 9.59 Å². The van der Waals surface area contributed by atoms with Gasteiger partial charge in [-0.3, -0.25) is 4.79 Å². The first-order valence-corrected chi connectivity index (χ1v) is 13.6. The molecule has 0 aromatic heterocycles. The van der Waals surface area contributed by atoms with Gasteiger partial charge in [0.25, 0.3) is 0 Å². The van der Waals surface area contributed by atoms with Gasteiger partial charge < -0.3 is 14.8 Å². The molecule has 1 atom stereocenters. The number of benzene rings is 3. The Morgan fingerprint density at radius 1 is 0.900 bits per heavy atom. The van der Waals surface area contributed by atoms with Crippen molar-refractivity contribution in [2.45, 2.75) is 19.8 Å². The zero-order valence-corrected chi connectivity index (χ0v) is 23.2. The number of thioether (sulfide) groups is 1. The number of rotatable bonds is 9. The van der Waals surface area contributed by atoms with Gasteiger partial charge >= 0.3 is 11.9 Å². The molecule has 0 fully saturated rings. The average Bonchev–Trinajstić information content (AvgIpc) is 2.99. The number of carbonyl (C=O) groups is 3. The maximum atomic E-state index is 13.1. The molecule has 0 bridgehead atoms. The molecule has 7 nitrogen and oxygen atoms in total. The van der Waals surface area contributed by atoms with Gasteiger partial charge in [0.1, 0.15) is 0 Å². The number of hydrogen-bond donors (Lipinski definition) is 1. The average molecular weight is 553 g/mol. The lowest BCUT2D eigenvalue weighted by molar-refractivity contribution is -0.138. The van der Waals surface area contributed by atoms with Crippen LogP contribution in [-0.4, -0.2) is 37.2 Å². The molecule has 4 rings (SSSR count). The molecule has 40 heavy (non-hydrogen) atoms. The summed E-state index contributed by atoms with van der Waals surface area (Å²) in [6.45, 7) is 3.62. The number of allylic oxidation sites excluding steroid dienone is 2. The molecule has 8 heteroatoms. The summed E-state index contributed by atoms with van der Waals surface area (Å²) in [5, 5.41) is 13.9. The quantitative estimate of drug-likeness (QED) is 0.254. The first-order chi connectivity index (χ1) is 19.4. The summed E-state index contributed by atoms with van der Waals surface area (Å²) in [6.07, 6.45) is 0. The van der Waals surface area contributed by atoms with Crippen molar-refractivity contribution in [3.8, 4) is 17.2 Å². The predicted molar refractivity (Wildman–Crippen MR) is 154 cm³/mol. The second-order valence-electron chi connectivity index (χ2n) is 8.94. The summed E-state index contributed by atoms with van der Waals surface area (Å²) in [6, 6.07) is 26.1. The fourth-order valence-electron chi connectivity index (χ4n) is 4.47. The summed E-state index contributed by atoms with van der Waals surface area (Å²) < 4.78 is 10.1. The van der Waals surface area contributed by atoms with E-state index in [0.29, 0.717) is 33.0 Å². The SMILES string of the molecule is CCOC(=O)C1=C(C)NC(SCC(=O)c2ccc(-c3ccccc3)cc2)=C(C#N)C1c1ccc(C(=O)OC)cc1. The van der Waals surface area contributed by atoms with Crippen molar-refractivity contribution in [1.82, 2.24) is 5.32 Å². The highest BCUT2D eigenvalue weighted by Crippen LogP contribution is 2.41. The van der Waals surface area contributed by atoms with Crippen LogP contribution < -0.4 is 5.32 Å². The van der Waals surface area contributed by atoms with Crippen LogP contribution in [-0.2, 0) is 14.3 Å². The van der Waals surface area contributed by atoms with Crippen molar-refractivity contribution >= 4 is 29.5 Å². The molecule has 1 unspecified atom stereocenters. The van der Waals surface area contributed by atoms with E-state index in [1.165, 1.54) is 18.9 Å². The smallest absolute Gasteiger partial charge is 0.337 e. The van der Waals surface area contributed by atoms with Gasteiger partial charge in [-0.15, -0.1) is 0 Å². The number of dihydropyridines is 1. The first kappa shape index (κ1) is 28.4. The standard InChI is InChI=1S/C32H28N2O5S/c1-4-39-32(37)28-20(2)34-30(26(18-33)29(28)24-14-16-25(17-15-24)31(36)38-3)40-19-27(35)23-12-10-22(11-13-23)21-8-6-5-7-9-21/h5-17,29,34H,4,19H2,1-3H3. The Bertz CT molecular complexity index is 1520. The molecule has 1 aliphatic heterocycles. The second-order valence-corrected chi connectivity index (χ2v) is 9.93. The van der Waals surface area contributed by atoms with E-state index in [9.17, 15) is 19.6 Å². The summed E-state index contributed by atoms with van der Waals surface area (Å²) in [7, 11) is 1.30. The van der Waals surface area contributed by atoms with Crippen molar-refractivity contribution in [2.24, 2.45) is 0 Å². The summed E-state index contributed by atoms with van der Waals surface area (Å²) >= 11 is 1.21.